The molecule has 0 bridgehead atoms. The summed E-state index contributed by atoms with van der Waals surface area (Å²) in [4.78, 5) is 30.3. The summed E-state index contributed by atoms with van der Waals surface area (Å²) >= 11 is 6.16. The van der Waals surface area contributed by atoms with Crippen molar-refractivity contribution in [2.45, 2.75) is 19.4 Å². The lowest BCUT2D eigenvalue weighted by Crippen LogP contribution is -2.34. The number of aromatic nitrogens is 1. The molecule has 2 atom stereocenters. The van der Waals surface area contributed by atoms with Gasteiger partial charge < -0.3 is 10.2 Å². The van der Waals surface area contributed by atoms with E-state index < -0.39 is 0 Å². The third-order valence-corrected chi connectivity index (χ3v) is 4.52. The Morgan fingerprint density at radius 3 is 2.71 bits per heavy atom. The van der Waals surface area contributed by atoms with Crippen molar-refractivity contribution in [1.29, 1.82) is 0 Å². The van der Waals surface area contributed by atoms with Crippen molar-refractivity contribution in [2.24, 2.45) is 5.92 Å². The van der Waals surface area contributed by atoms with Crippen molar-refractivity contribution in [1.82, 2.24) is 10.3 Å². The molecule has 0 aliphatic carbocycles. The van der Waals surface area contributed by atoms with E-state index in [9.17, 15) is 9.59 Å². The molecule has 1 aliphatic heterocycles. The van der Waals surface area contributed by atoms with Gasteiger partial charge in [0.25, 0.3) is 0 Å². The molecule has 1 saturated heterocycles. The number of pyridine rings is 1. The van der Waals surface area contributed by atoms with E-state index in [1.807, 2.05) is 31.2 Å². The average molecular weight is 344 g/mol. The smallest absolute Gasteiger partial charge is 0.227 e. The number of nitrogens with one attached hydrogen (secondary N) is 1. The van der Waals surface area contributed by atoms with E-state index in [1.165, 1.54) is 0 Å². The number of carbonyl (C=O) groups excluding carboxylic acids is 2. The Balaban J connectivity index is 1.67. The fraction of sp³-hybridized carbons (Fsp3) is 0.278. The second-order valence-corrected chi connectivity index (χ2v) is 6.27. The highest BCUT2D eigenvalue weighted by molar-refractivity contribution is 6.33. The maximum atomic E-state index is 12.5. The van der Waals surface area contributed by atoms with Crippen molar-refractivity contribution in [3.8, 4) is 0 Å². The summed E-state index contributed by atoms with van der Waals surface area (Å²) in [6.45, 7) is 2.26. The van der Waals surface area contributed by atoms with E-state index in [1.54, 1.807) is 29.4 Å². The summed E-state index contributed by atoms with van der Waals surface area (Å²) < 4.78 is 0. The topological polar surface area (TPSA) is 62.3 Å². The van der Waals surface area contributed by atoms with Crippen LogP contribution in [0.2, 0.25) is 5.02 Å². The molecule has 1 fully saturated rings. The molecule has 0 saturated carbocycles. The molecule has 3 rings (SSSR count). The van der Waals surface area contributed by atoms with Crippen LogP contribution in [-0.4, -0.2) is 23.3 Å². The largest absolute Gasteiger partial charge is 0.349 e. The number of carbonyl (C=O) groups is 2. The van der Waals surface area contributed by atoms with Crippen LogP contribution in [-0.2, 0) is 9.59 Å². The zero-order valence-corrected chi connectivity index (χ0v) is 14.0. The number of nitrogens with zero attached hydrogens (tertiary/aromatic N) is 2. The fourth-order valence-electron chi connectivity index (χ4n) is 2.85. The second kappa shape index (κ2) is 7.01. The molecule has 1 aromatic heterocycles. The van der Waals surface area contributed by atoms with Gasteiger partial charge in [0.1, 0.15) is 0 Å². The van der Waals surface area contributed by atoms with Gasteiger partial charge >= 0.3 is 0 Å². The number of anilines is 1. The quantitative estimate of drug-likeness (QED) is 0.928. The first-order chi connectivity index (χ1) is 11.6. The number of amides is 2. The maximum absolute atomic E-state index is 12.5. The van der Waals surface area contributed by atoms with Crippen LogP contribution in [0.15, 0.2) is 48.8 Å². The molecule has 0 spiro atoms. The molecule has 124 valence electrons. The molecule has 1 aliphatic rings. The zero-order valence-electron chi connectivity index (χ0n) is 13.3. The zero-order chi connectivity index (χ0) is 17.1. The minimum Gasteiger partial charge on any atom is -0.349 e. The van der Waals surface area contributed by atoms with Crippen LogP contribution >= 0.6 is 11.6 Å². The molecule has 1 aromatic carbocycles. The predicted molar refractivity (Wildman–Crippen MR) is 92.7 cm³/mol. The summed E-state index contributed by atoms with van der Waals surface area (Å²) in [5.74, 6) is -0.583. The van der Waals surface area contributed by atoms with Gasteiger partial charge in [-0.2, -0.15) is 0 Å². The molecular weight excluding hydrogens is 326 g/mol. The molecule has 2 heterocycles. The summed E-state index contributed by atoms with van der Waals surface area (Å²) in [5, 5.41) is 3.48. The van der Waals surface area contributed by atoms with E-state index >= 15 is 0 Å². The highest BCUT2D eigenvalue weighted by Crippen LogP contribution is 2.31. The van der Waals surface area contributed by atoms with E-state index in [4.69, 9.17) is 11.6 Å². The molecule has 6 heteroatoms. The lowest BCUT2D eigenvalue weighted by atomic mass is 10.1. The van der Waals surface area contributed by atoms with Gasteiger partial charge in [-0.3, -0.25) is 14.6 Å². The first-order valence-corrected chi connectivity index (χ1v) is 8.19. The van der Waals surface area contributed by atoms with Crippen molar-refractivity contribution in [2.75, 3.05) is 11.4 Å². The van der Waals surface area contributed by atoms with Crippen molar-refractivity contribution in [3.05, 3.63) is 59.4 Å². The van der Waals surface area contributed by atoms with Crippen LogP contribution < -0.4 is 10.2 Å². The van der Waals surface area contributed by atoms with Gasteiger partial charge in [0.05, 0.1) is 22.7 Å². The Hall–Kier alpha value is -2.40. The van der Waals surface area contributed by atoms with Crippen molar-refractivity contribution >= 4 is 29.1 Å². The van der Waals surface area contributed by atoms with E-state index in [2.05, 4.69) is 10.3 Å². The first-order valence-electron chi connectivity index (χ1n) is 7.81. The van der Waals surface area contributed by atoms with Crippen LogP contribution in [0.1, 0.15) is 24.9 Å². The normalized spacial score (nSPS) is 18.5. The molecule has 2 amide bonds. The van der Waals surface area contributed by atoms with Crippen molar-refractivity contribution < 1.29 is 9.59 Å². The number of benzene rings is 1. The first kappa shape index (κ1) is 16.5. The number of halogens is 1. The Morgan fingerprint density at radius 1 is 1.29 bits per heavy atom. The van der Waals surface area contributed by atoms with Crippen molar-refractivity contribution in [3.63, 3.8) is 0 Å². The molecule has 2 aromatic rings. The Kier molecular flexibility index (Phi) is 4.81. The number of hydrogen-bond acceptors (Lipinski definition) is 3. The highest BCUT2D eigenvalue weighted by atomic mass is 35.5. The third-order valence-electron chi connectivity index (χ3n) is 4.20. The number of hydrogen-bond donors (Lipinski definition) is 1. The molecule has 24 heavy (non-hydrogen) atoms. The maximum Gasteiger partial charge on any atom is 0.227 e. The third kappa shape index (κ3) is 3.41. The highest BCUT2D eigenvalue weighted by Gasteiger charge is 2.36. The minimum atomic E-state index is -0.377. The lowest BCUT2D eigenvalue weighted by molar-refractivity contribution is -0.126. The van der Waals surface area contributed by atoms with Gasteiger partial charge in [-0.1, -0.05) is 23.7 Å². The average Bonchev–Trinajstić information content (AvgIpc) is 2.98. The molecular formula is C18H18ClN3O2. The van der Waals surface area contributed by atoms with Crippen LogP contribution in [0.5, 0.6) is 0 Å². The van der Waals surface area contributed by atoms with Crippen LogP contribution in [0.25, 0.3) is 0 Å². The van der Waals surface area contributed by atoms with Crippen LogP contribution in [0, 0.1) is 5.92 Å². The standard InChI is InChI=1S/C18H18ClN3O2/c1-12(13-6-8-20-9-7-13)21-18(24)14-10-17(23)22(11-14)16-5-3-2-4-15(16)19/h2-9,12,14H,10-11H2,1H3,(H,21,24). The molecule has 1 N–H and O–H groups in total. The number of para-hydroxylation sites is 1. The van der Waals surface area contributed by atoms with E-state index in [-0.39, 0.29) is 30.2 Å². The van der Waals surface area contributed by atoms with Crippen LogP contribution in [0.4, 0.5) is 5.69 Å². The molecule has 5 nitrogen and oxygen atoms in total. The van der Waals surface area contributed by atoms with Gasteiger partial charge in [0.2, 0.25) is 11.8 Å². The predicted octanol–water partition coefficient (Wildman–Crippen LogP) is 2.97. The molecule has 0 radical (unpaired) electrons. The van der Waals surface area contributed by atoms with Gasteiger partial charge in [0.15, 0.2) is 0 Å². The fourth-order valence-corrected chi connectivity index (χ4v) is 3.09. The Morgan fingerprint density at radius 2 is 2.00 bits per heavy atom. The Labute approximate surface area is 145 Å². The monoisotopic (exact) mass is 343 g/mol. The summed E-state index contributed by atoms with van der Waals surface area (Å²) in [7, 11) is 0. The van der Waals surface area contributed by atoms with Crippen LogP contribution in [0.3, 0.4) is 0 Å². The SMILES string of the molecule is CC(NC(=O)C1CC(=O)N(c2ccccc2Cl)C1)c1ccncc1. The minimum absolute atomic E-state index is 0.0835. The number of rotatable bonds is 4. The van der Waals surface area contributed by atoms with E-state index in [0.29, 0.717) is 17.3 Å². The van der Waals surface area contributed by atoms with Gasteiger partial charge in [0, 0.05) is 25.4 Å². The van der Waals surface area contributed by atoms with Gasteiger partial charge in [-0.25, -0.2) is 0 Å². The molecule has 2 unspecified atom stereocenters. The summed E-state index contributed by atoms with van der Waals surface area (Å²) in [5.41, 5.74) is 1.63. The summed E-state index contributed by atoms with van der Waals surface area (Å²) in [6, 6.07) is 10.8. The van der Waals surface area contributed by atoms with Gasteiger partial charge in [-0.05, 0) is 36.8 Å². The summed E-state index contributed by atoms with van der Waals surface area (Å²) in [6.07, 6.45) is 3.58. The Bertz CT molecular complexity index is 751. The second-order valence-electron chi connectivity index (χ2n) is 5.87. The lowest BCUT2D eigenvalue weighted by Gasteiger charge is -2.19. The van der Waals surface area contributed by atoms with Gasteiger partial charge in [-0.15, -0.1) is 0 Å². The van der Waals surface area contributed by atoms with E-state index in [0.717, 1.165) is 5.56 Å².